The van der Waals surface area contributed by atoms with Crippen molar-refractivity contribution in [1.82, 2.24) is 15.4 Å². The monoisotopic (exact) mass is 354 g/mol. The summed E-state index contributed by atoms with van der Waals surface area (Å²) in [5.41, 5.74) is 5.24. The maximum atomic E-state index is 13.0. The number of hydrazine groups is 1. The summed E-state index contributed by atoms with van der Waals surface area (Å²) in [4.78, 5) is 12.8. The van der Waals surface area contributed by atoms with Gasteiger partial charge in [-0.25, -0.2) is 14.8 Å². The molecule has 2 aromatic carbocycles. The summed E-state index contributed by atoms with van der Waals surface area (Å²) in [7, 11) is 1.63. The summed E-state index contributed by atoms with van der Waals surface area (Å²) in [6.45, 7) is 0.327. The SMILES string of the molecule is COc1ccc(C2CC3C(=O)N(Cc4ccc(F)cc4)N=CN3N2)cc1. The average molecular weight is 354 g/mol. The lowest BCUT2D eigenvalue weighted by Gasteiger charge is -2.30. The van der Waals surface area contributed by atoms with Crippen molar-refractivity contribution in [3.05, 3.63) is 65.5 Å². The fourth-order valence-corrected chi connectivity index (χ4v) is 3.27. The summed E-state index contributed by atoms with van der Waals surface area (Å²) in [5, 5.41) is 7.43. The van der Waals surface area contributed by atoms with Gasteiger partial charge in [0.1, 0.15) is 23.9 Å². The zero-order valence-electron chi connectivity index (χ0n) is 14.3. The topological polar surface area (TPSA) is 57.2 Å². The predicted molar refractivity (Wildman–Crippen MR) is 94.6 cm³/mol. The first kappa shape index (κ1) is 16.5. The van der Waals surface area contributed by atoms with Crippen LogP contribution in [0.1, 0.15) is 23.6 Å². The third-order valence-electron chi connectivity index (χ3n) is 4.72. The van der Waals surface area contributed by atoms with E-state index in [2.05, 4.69) is 10.5 Å². The number of nitrogens with one attached hydrogen (secondary N) is 1. The molecule has 2 aromatic rings. The zero-order chi connectivity index (χ0) is 18.1. The minimum absolute atomic E-state index is 0.0343. The Morgan fingerprint density at radius 3 is 2.62 bits per heavy atom. The van der Waals surface area contributed by atoms with Gasteiger partial charge in [0.2, 0.25) is 0 Å². The van der Waals surface area contributed by atoms with Gasteiger partial charge in [-0.05, 0) is 41.8 Å². The Balaban J connectivity index is 1.46. The molecule has 0 aromatic heterocycles. The van der Waals surface area contributed by atoms with E-state index >= 15 is 0 Å². The molecule has 2 aliphatic heterocycles. The molecule has 134 valence electrons. The Morgan fingerprint density at radius 2 is 1.92 bits per heavy atom. The summed E-state index contributed by atoms with van der Waals surface area (Å²) >= 11 is 0. The number of carbonyl (C=O) groups excluding carboxylic acids is 1. The van der Waals surface area contributed by atoms with Gasteiger partial charge in [-0.1, -0.05) is 24.3 Å². The second-order valence-electron chi connectivity index (χ2n) is 6.37. The quantitative estimate of drug-likeness (QED) is 0.916. The van der Waals surface area contributed by atoms with E-state index in [1.165, 1.54) is 17.1 Å². The smallest absolute Gasteiger partial charge is 0.267 e. The molecule has 1 fully saturated rings. The number of hydrogen-bond acceptors (Lipinski definition) is 5. The molecule has 1 saturated heterocycles. The molecule has 0 spiro atoms. The van der Waals surface area contributed by atoms with Gasteiger partial charge in [-0.3, -0.25) is 9.80 Å². The van der Waals surface area contributed by atoms with Gasteiger partial charge in [0.25, 0.3) is 5.91 Å². The van der Waals surface area contributed by atoms with Crippen LogP contribution >= 0.6 is 0 Å². The Labute approximate surface area is 150 Å². The van der Waals surface area contributed by atoms with Gasteiger partial charge in [0, 0.05) is 0 Å². The first-order chi connectivity index (χ1) is 12.6. The number of ether oxygens (including phenoxy) is 1. The molecule has 2 atom stereocenters. The second-order valence-corrected chi connectivity index (χ2v) is 6.37. The molecule has 0 saturated carbocycles. The number of amides is 1. The number of methoxy groups -OCH3 is 1. The third-order valence-corrected chi connectivity index (χ3v) is 4.72. The highest BCUT2D eigenvalue weighted by atomic mass is 19.1. The fourth-order valence-electron chi connectivity index (χ4n) is 3.27. The van der Waals surface area contributed by atoms with Gasteiger partial charge < -0.3 is 4.74 Å². The van der Waals surface area contributed by atoms with Crippen molar-refractivity contribution in [3.8, 4) is 5.75 Å². The second kappa shape index (κ2) is 6.76. The molecule has 2 heterocycles. The van der Waals surface area contributed by atoms with Crippen LogP contribution in [0.4, 0.5) is 4.39 Å². The minimum Gasteiger partial charge on any atom is -0.497 e. The third kappa shape index (κ3) is 3.13. The normalized spacial score (nSPS) is 21.8. The number of nitrogens with zero attached hydrogens (tertiary/aromatic N) is 3. The van der Waals surface area contributed by atoms with Crippen molar-refractivity contribution < 1.29 is 13.9 Å². The number of hydrazone groups is 1. The van der Waals surface area contributed by atoms with Crippen LogP contribution in [0, 0.1) is 5.82 Å². The zero-order valence-corrected chi connectivity index (χ0v) is 14.3. The number of carbonyl (C=O) groups is 1. The Bertz CT molecular complexity index is 822. The summed E-state index contributed by atoms with van der Waals surface area (Å²) in [6, 6.07) is 13.6. The highest BCUT2D eigenvalue weighted by Gasteiger charge is 2.40. The molecule has 26 heavy (non-hydrogen) atoms. The van der Waals surface area contributed by atoms with Crippen molar-refractivity contribution in [1.29, 1.82) is 0 Å². The highest BCUT2D eigenvalue weighted by Crippen LogP contribution is 2.30. The standard InChI is InChI=1S/C19H19FN4O2/c1-26-16-8-4-14(5-9-16)17-10-18-19(25)23(21-12-24(18)22-17)11-13-2-6-15(20)7-3-13/h2-9,12,17-18,22H,10-11H2,1H3. The van der Waals surface area contributed by atoms with Crippen LogP contribution in [0.15, 0.2) is 53.6 Å². The number of rotatable bonds is 4. The lowest BCUT2D eigenvalue weighted by molar-refractivity contribution is -0.137. The van der Waals surface area contributed by atoms with Crippen molar-refractivity contribution in [2.45, 2.75) is 25.0 Å². The Kier molecular flexibility index (Phi) is 4.30. The molecule has 6 nitrogen and oxygen atoms in total. The molecule has 4 rings (SSSR count). The first-order valence-electron chi connectivity index (χ1n) is 8.42. The maximum Gasteiger partial charge on any atom is 0.267 e. The number of hydrogen-bond donors (Lipinski definition) is 1. The highest BCUT2D eigenvalue weighted by molar-refractivity contribution is 5.87. The summed E-state index contributed by atoms with van der Waals surface area (Å²) in [5.74, 6) is 0.434. The average Bonchev–Trinajstić information content (AvgIpc) is 3.11. The molecule has 1 amide bonds. The number of benzene rings is 2. The fraction of sp³-hybridized carbons (Fsp3) is 0.263. The molecule has 1 N–H and O–H groups in total. The van der Waals surface area contributed by atoms with E-state index < -0.39 is 0 Å². The first-order valence-corrected chi connectivity index (χ1v) is 8.42. The predicted octanol–water partition coefficient (Wildman–Crippen LogP) is 2.44. The molecule has 0 radical (unpaired) electrons. The molecule has 0 bridgehead atoms. The van der Waals surface area contributed by atoms with Gasteiger partial charge in [-0.2, -0.15) is 5.10 Å². The van der Waals surface area contributed by atoms with E-state index in [1.54, 1.807) is 30.6 Å². The van der Waals surface area contributed by atoms with E-state index in [-0.39, 0.29) is 23.8 Å². The lowest BCUT2D eigenvalue weighted by atomic mass is 10.0. The van der Waals surface area contributed by atoms with E-state index in [0.717, 1.165) is 16.9 Å². The maximum absolute atomic E-state index is 13.0. The molecular formula is C19H19FN4O2. The van der Waals surface area contributed by atoms with E-state index in [4.69, 9.17) is 4.74 Å². The van der Waals surface area contributed by atoms with Crippen molar-refractivity contribution in [2.75, 3.05) is 7.11 Å². The largest absolute Gasteiger partial charge is 0.497 e. The van der Waals surface area contributed by atoms with Gasteiger partial charge in [0.05, 0.1) is 19.7 Å². The minimum atomic E-state index is -0.306. The van der Waals surface area contributed by atoms with Crippen LogP contribution in [0.5, 0.6) is 5.75 Å². The molecule has 7 heteroatoms. The lowest BCUT2D eigenvalue weighted by Crippen LogP contribution is -2.50. The van der Waals surface area contributed by atoms with Crippen LogP contribution in [-0.4, -0.2) is 35.4 Å². The van der Waals surface area contributed by atoms with Gasteiger partial charge >= 0.3 is 0 Å². The molecule has 0 aliphatic carbocycles. The summed E-state index contributed by atoms with van der Waals surface area (Å²) in [6.07, 6.45) is 2.29. The molecular weight excluding hydrogens is 335 g/mol. The van der Waals surface area contributed by atoms with Crippen molar-refractivity contribution in [3.63, 3.8) is 0 Å². The van der Waals surface area contributed by atoms with Crippen LogP contribution in [0.25, 0.3) is 0 Å². The van der Waals surface area contributed by atoms with Crippen LogP contribution in [-0.2, 0) is 11.3 Å². The summed E-state index contributed by atoms with van der Waals surface area (Å²) < 4.78 is 18.2. The van der Waals surface area contributed by atoms with Crippen LogP contribution in [0.2, 0.25) is 0 Å². The van der Waals surface area contributed by atoms with Crippen molar-refractivity contribution in [2.24, 2.45) is 5.10 Å². The van der Waals surface area contributed by atoms with Crippen LogP contribution < -0.4 is 10.2 Å². The van der Waals surface area contributed by atoms with E-state index in [9.17, 15) is 9.18 Å². The Hall–Kier alpha value is -2.93. The van der Waals surface area contributed by atoms with E-state index in [1.807, 2.05) is 24.3 Å². The van der Waals surface area contributed by atoms with E-state index in [0.29, 0.717) is 13.0 Å². The van der Waals surface area contributed by atoms with Gasteiger partial charge in [-0.15, -0.1) is 0 Å². The van der Waals surface area contributed by atoms with Crippen molar-refractivity contribution >= 4 is 12.2 Å². The Morgan fingerprint density at radius 1 is 1.19 bits per heavy atom. The number of fused-ring (bicyclic) bond motifs is 1. The van der Waals surface area contributed by atoms with Crippen LogP contribution in [0.3, 0.4) is 0 Å². The van der Waals surface area contributed by atoms with Gasteiger partial charge in [0.15, 0.2) is 0 Å². The molecule has 2 unspecified atom stereocenters. The number of halogens is 1. The molecule has 2 aliphatic rings.